The highest BCUT2D eigenvalue weighted by molar-refractivity contribution is 7.89. The van der Waals surface area contributed by atoms with Crippen molar-refractivity contribution in [1.29, 1.82) is 0 Å². The first kappa shape index (κ1) is 24.3. The summed E-state index contributed by atoms with van der Waals surface area (Å²) >= 11 is 0. The monoisotopic (exact) mass is 525 g/mol. The van der Waals surface area contributed by atoms with Crippen LogP contribution in [0.4, 0.5) is 0 Å². The molecule has 0 unspecified atom stereocenters. The molecule has 0 spiro atoms. The van der Waals surface area contributed by atoms with Crippen LogP contribution in [0, 0.1) is 0 Å². The molecule has 11 heteroatoms. The van der Waals surface area contributed by atoms with Crippen molar-refractivity contribution >= 4 is 21.6 Å². The van der Waals surface area contributed by atoms with Crippen LogP contribution in [0.25, 0.3) is 5.57 Å². The van der Waals surface area contributed by atoms with Crippen LogP contribution in [-0.4, -0.2) is 51.9 Å². The Morgan fingerprint density at radius 3 is 2.27 bits per heavy atom. The molecule has 3 aromatic rings. The van der Waals surface area contributed by atoms with Crippen molar-refractivity contribution in [3.63, 3.8) is 0 Å². The lowest BCUT2D eigenvalue weighted by molar-refractivity contribution is -0.133. The topological polar surface area (TPSA) is 121 Å². The van der Waals surface area contributed by atoms with Gasteiger partial charge in [-0.3, -0.25) is 4.31 Å². The van der Waals surface area contributed by atoms with E-state index in [0.717, 1.165) is 4.31 Å². The number of hydrogen-bond donors (Lipinski definition) is 1. The molecule has 0 radical (unpaired) electrons. The molecule has 2 aliphatic heterocycles. The SMILES string of the molecule is COc1cc(CN2C(C(=O)O)=C(c3ccc4c(c3)OCO4)c3ccccc3S2(=O)=O)cc(OC)c1OC. The molecule has 0 saturated carbocycles. The van der Waals surface area contributed by atoms with Crippen molar-refractivity contribution in [3.8, 4) is 28.7 Å². The Labute approximate surface area is 213 Å². The zero-order valence-corrected chi connectivity index (χ0v) is 21.0. The normalized spacial score (nSPS) is 15.3. The van der Waals surface area contributed by atoms with Gasteiger partial charge in [-0.05, 0) is 41.5 Å². The summed E-state index contributed by atoms with van der Waals surface area (Å²) in [4.78, 5) is 12.7. The molecule has 1 N–H and O–H groups in total. The van der Waals surface area contributed by atoms with E-state index in [1.54, 1.807) is 48.5 Å². The molecule has 37 heavy (non-hydrogen) atoms. The van der Waals surface area contributed by atoms with Gasteiger partial charge in [0.25, 0.3) is 10.0 Å². The number of carbonyl (C=O) groups is 1. The summed E-state index contributed by atoms with van der Waals surface area (Å²) in [6.45, 7) is -0.259. The van der Waals surface area contributed by atoms with E-state index in [1.165, 1.54) is 27.4 Å². The molecule has 192 valence electrons. The molecule has 2 aliphatic rings. The van der Waals surface area contributed by atoms with Gasteiger partial charge in [0.1, 0.15) is 5.70 Å². The summed E-state index contributed by atoms with van der Waals surface area (Å²) in [5.74, 6) is 0.505. The maximum absolute atomic E-state index is 13.8. The van der Waals surface area contributed by atoms with Gasteiger partial charge in [0, 0.05) is 11.1 Å². The molecule has 0 aliphatic carbocycles. The molecule has 0 saturated heterocycles. The fourth-order valence-corrected chi connectivity index (χ4v) is 6.17. The molecular formula is C26H23NO9S. The van der Waals surface area contributed by atoms with Crippen LogP contribution in [0.2, 0.25) is 0 Å². The average molecular weight is 526 g/mol. The van der Waals surface area contributed by atoms with Crippen LogP contribution >= 0.6 is 0 Å². The molecule has 0 bridgehead atoms. The highest BCUT2D eigenvalue weighted by Crippen LogP contribution is 2.45. The molecule has 5 rings (SSSR count). The molecule has 0 fully saturated rings. The fraction of sp³-hybridized carbons (Fsp3) is 0.192. The van der Waals surface area contributed by atoms with E-state index in [2.05, 4.69) is 0 Å². The number of fused-ring (bicyclic) bond motifs is 2. The van der Waals surface area contributed by atoms with Crippen molar-refractivity contribution in [1.82, 2.24) is 4.31 Å². The van der Waals surface area contributed by atoms with Crippen molar-refractivity contribution in [2.75, 3.05) is 28.1 Å². The summed E-state index contributed by atoms with van der Waals surface area (Å²) in [7, 11) is 0.0762. The summed E-state index contributed by atoms with van der Waals surface area (Å²) in [6.07, 6.45) is 0. The fourth-order valence-electron chi connectivity index (χ4n) is 4.50. The lowest BCUT2D eigenvalue weighted by Crippen LogP contribution is -2.37. The lowest BCUT2D eigenvalue weighted by atomic mass is 9.94. The molecule has 10 nitrogen and oxygen atoms in total. The molecule has 0 aromatic heterocycles. The van der Waals surface area contributed by atoms with Gasteiger partial charge in [-0.15, -0.1) is 0 Å². The smallest absolute Gasteiger partial charge is 0.353 e. The van der Waals surface area contributed by atoms with Crippen LogP contribution < -0.4 is 23.7 Å². The van der Waals surface area contributed by atoms with Gasteiger partial charge in [-0.2, -0.15) is 0 Å². The van der Waals surface area contributed by atoms with Crippen LogP contribution in [0.1, 0.15) is 16.7 Å². The minimum atomic E-state index is -4.26. The second-order valence-electron chi connectivity index (χ2n) is 8.14. The maximum Gasteiger partial charge on any atom is 0.353 e. The number of carboxylic acid groups (broad SMARTS) is 1. The number of hydrogen-bond acceptors (Lipinski definition) is 8. The van der Waals surface area contributed by atoms with Crippen LogP contribution in [0.15, 0.2) is 65.2 Å². The number of sulfonamides is 1. The highest BCUT2D eigenvalue weighted by atomic mass is 32.2. The van der Waals surface area contributed by atoms with Crippen molar-refractivity contribution in [2.24, 2.45) is 0 Å². The highest BCUT2D eigenvalue weighted by Gasteiger charge is 2.40. The minimum absolute atomic E-state index is 0.0138. The summed E-state index contributed by atoms with van der Waals surface area (Å²) in [5, 5.41) is 10.4. The third-order valence-corrected chi connectivity index (χ3v) is 7.93. The number of carboxylic acids is 1. The van der Waals surface area contributed by atoms with E-state index in [1.807, 2.05) is 0 Å². The lowest BCUT2D eigenvalue weighted by Gasteiger charge is -2.33. The van der Waals surface area contributed by atoms with Crippen LogP contribution in [-0.2, 0) is 21.4 Å². The first-order chi connectivity index (χ1) is 17.8. The number of ether oxygens (including phenoxy) is 5. The van der Waals surface area contributed by atoms with Gasteiger partial charge in [0.2, 0.25) is 12.5 Å². The van der Waals surface area contributed by atoms with Crippen LogP contribution in [0.3, 0.4) is 0 Å². The Bertz CT molecular complexity index is 1520. The van der Waals surface area contributed by atoms with Gasteiger partial charge in [0.05, 0.1) is 32.8 Å². The predicted molar refractivity (Wildman–Crippen MR) is 131 cm³/mol. The Hall–Kier alpha value is -4.38. The minimum Gasteiger partial charge on any atom is -0.493 e. The molecule has 3 aromatic carbocycles. The first-order valence-corrected chi connectivity index (χ1v) is 12.5. The Morgan fingerprint density at radius 2 is 1.62 bits per heavy atom. The van der Waals surface area contributed by atoms with Crippen molar-refractivity contribution < 1.29 is 42.0 Å². The third-order valence-electron chi connectivity index (χ3n) is 6.13. The third kappa shape index (κ3) is 3.97. The predicted octanol–water partition coefficient (Wildman–Crippen LogP) is 3.49. The largest absolute Gasteiger partial charge is 0.493 e. The standard InChI is InChI=1S/C26H23NO9S/c1-32-20-10-15(11-21(33-2)25(20)34-3)13-27-24(26(28)29)23(16-8-9-18-19(12-16)36-14-35-18)17-6-4-5-7-22(17)37(27,30)31/h4-12H,13-14H2,1-3H3,(H,28,29). The summed E-state index contributed by atoms with van der Waals surface area (Å²) < 4.78 is 55.5. The summed E-state index contributed by atoms with van der Waals surface area (Å²) in [5.41, 5.74) is 1.02. The number of aliphatic carboxylic acids is 1. The molecule has 0 amide bonds. The van der Waals surface area contributed by atoms with E-state index in [4.69, 9.17) is 23.7 Å². The molecule has 2 heterocycles. The number of benzene rings is 3. The zero-order valence-electron chi connectivity index (χ0n) is 20.2. The van der Waals surface area contributed by atoms with E-state index in [9.17, 15) is 18.3 Å². The number of methoxy groups -OCH3 is 3. The van der Waals surface area contributed by atoms with Gasteiger partial charge >= 0.3 is 5.97 Å². The zero-order chi connectivity index (χ0) is 26.3. The Kier molecular flexibility index (Phi) is 6.08. The van der Waals surface area contributed by atoms with Gasteiger partial charge in [-0.25, -0.2) is 13.2 Å². The Balaban J connectivity index is 1.74. The molecular weight excluding hydrogens is 502 g/mol. The summed E-state index contributed by atoms with van der Waals surface area (Å²) in [6, 6.07) is 14.5. The van der Waals surface area contributed by atoms with E-state index >= 15 is 0 Å². The van der Waals surface area contributed by atoms with E-state index in [0.29, 0.717) is 39.9 Å². The van der Waals surface area contributed by atoms with Gasteiger partial charge in [0.15, 0.2) is 23.0 Å². The van der Waals surface area contributed by atoms with Gasteiger partial charge < -0.3 is 28.8 Å². The molecule has 0 atom stereocenters. The number of nitrogens with zero attached hydrogens (tertiary/aromatic N) is 1. The number of rotatable bonds is 7. The average Bonchev–Trinajstić information content (AvgIpc) is 3.37. The first-order valence-electron chi connectivity index (χ1n) is 11.1. The second-order valence-corrected chi connectivity index (χ2v) is 9.97. The maximum atomic E-state index is 13.8. The van der Waals surface area contributed by atoms with Crippen LogP contribution in [0.5, 0.6) is 28.7 Å². The van der Waals surface area contributed by atoms with Gasteiger partial charge in [-0.1, -0.05) is 24.3 Å². The Morgan fingerprint density at radius 1 is 0.946 bits per heavy atom. The van der Waals surface area contributed by atoms with E-state index in [-0.39, 0.29) is 29.4 Å². The van der Waals surface area contributed by atoms with E-state index < -0.39 is 21.7 Å². The second kappa shape index (κ2) is 9.25. The quantitative estimate of drug-likeness (QED) is 0.494. The van der Waals surface area contributed by atoms with Crippen molar-refractivity contribution in [3.05, 3.63) is 77.0 Å². The van der Waals surface area contributed by atoms with Crippen molar-refractivity contribution in [2.45, 2.75) is 11.4 Å².